The van der Waals surface area contributed by atoms with Gasteiger partial charge in [-0.2, -0.15) is 13.2 Å². The van der Waals surface area contributed by atoms with Crippen LogP contribution in [0.15, 0.2) is 23.0 Å². The molecule has 1 aliphatic heterocycles. The summed E-state index contributed by atoms with van der Waals surface area (Å²) in [5.41, 5.74) is 0.0553. The molecule has 1 aliphatic rings. The van der Waals surface area contributed by atoms with Crippen molar-refractivity contribution in [3.63, 3.8) is 0 Å². The minimum Gasteiger partial charge on any atom is -0.371 e. The first-order valence-electron chi connectivity index (χ1n) is 7.05. The normalized spacial score (nSPS) is 20.5. The monoisotopic (exact) mass is 310 g/mol. The molecule has 118 valence electrons. The van der Waals surface area contributed by atoms with Crippen LogP contribution < -0.4 is 10.5 Å². The smallest absolute Gasteiger partial charge is 0.371 e. The number of anilines is 1. The van der Waals surface area contributed by atoms with Crippen LogP contribution in [0.1, 0.15) is 31.9 Å². The largest absolute Gasteiger partial charge is 0.417 e. The Bertz CT molecular complexity index is 820. The fourth-order valence-corrected chi connectivity index (χ4v) is 3.25. The van der Waals surface area contributed by atoms with Crippen LogP contribution in [0, 0.1) is 0 Å². The number of fused-ring (bicyclic) bond motifs is 2. The summed E-state index contributed by atoms with van der Waals surface area (Å²) in [6.07, 6.45) is -4.55. The molecular weight excluding hydrogens is 293 g/mol. The number of nitrogens with one attached hydrogen (secondary N) is 1. The number of hydrogen-bond donors (Lipinski definition) is 1. The Hall–Kier alpha value is -1.98. The topological polar surface area (TPSA) is 36.1 Å². The van der Waals surface area contributed by atoms with Crippen molar-refractivity contribution in [1.82, 2.24) is 4.98 Å². The molecule has 2 aromatic rings. The average Bonchev–Trinajstić information content (AvgIpc) is 2.56. The molecule has 6 heteroatoms. The first-order chi connectivity index (χ1) is 10.0. The predicted molar refractivity (Wildman–Crippen MR) is 80.5 cm³/mol. The highest BCUT2D eigenvalue weighted by molar-refractivity contribution is 5.89. The van der Waals surface area contributed by atoms with Crippen molar-refractivity contribution in [2.45, 2.75) is 38.4 Å². The van der Waals surface area contributed by atoms with E-state index >= 15 is 0 Å². The van der Waals surface area contributed by atoms with Crippen LogP contribution in [0.3, 0.4) is 0 Å². The quantitative estimate of drug-likeness (QED) is 0.806. The summed E-state index contributed by atoms with van der Waals surface area (Å²) in [7, 11) is 1.91. The molecule has 0 radical (unpaired) electrons. The minimum absolute atomic E-state index is 0.0430. The number of aromatic amines is 1. The van der Waals surface area contributed by atoms with E-state index in [1.807, 2.05) is 32.7 Å². The van der Waals surface area contributed by atoms with Gasteiger partial charge in [-0.3, -0.25) is 4.79 Å². The zero-order valence-corrected chi connectivity index (χ0v) is 12.8. The molecule has 3 nitrogen and oxygen atoms in total. The lowest BCUT2D eigenvalue weighted by molar-refractivity contribution is -0.136. The first-order valence-corrected chi connectivity index (χ1v) is 7.05. The molecule has 1 N–H and O–H groups in total. The van der Waals surface area contributed by atoms with E-state index in [1.165, 1.54) is 0 Å². The Balaban J connectivity index is 2.41. The number of likely N-dealkylation sites (N-methyl/N-ethyl adjacent to an activating group) is 1. The van der Waals surface area contributed by atoms with Crippen LogP contribution in [0.2, 0.25) is 0 Å². The molecule has 0 saturated carbocycles. The van der Waals surface area contributed by atoms with Gasteiger partial charge in [-0.05, 0) is 24.6 Å². The SMILES string of the molecule is CC1N(C)c2cc3[nH]c(=O)cc(C(F)(F)F)c3cc2C1(C)C. The summed E-state index contributed by atoms with van der Waals surface area (Å²) in [5.74, 6) is 0. The highest BCUT2D eigenvalue weighted by Crippen LogP contribution is 2.46. The van der Waals surface area contributed by atoms with Crippen molar-refractivity contribution >= 4 is 16.6 Å². The van der Waals surface area contributed by atoms with Crippen LogP contribution in [0.4, 0.5) is 18.9 Å². The standard InChI is InChI=1S/C16H17F3N2O/c1-8-15(2,3)11-5-9-10(16(17,18)19)6-14(22)20-12(9)7-13(11)21(8)4/h5-8H,1-4H3,(H,20,22). The Morgan fingerprint density at radius 1 is 1.23 bits per heavy atom. The second-order valence-electron chi connectivity index (χ2n) is 6.47. The third-order valence-corrected chi connectivity index (χ3v) is 4.96. The van der Waals surface area contributed by atoms with Crippen LogP contribution in [-0.4, -0.2) is 18.1 Å². The number of aromatic nitrogens is 1. The van der Waals surface area contributed by atoms with E-state index in [0.29, 0.717) is 6.07 Å². The Labute approximate surface area is 125 Å². The van der Waals surface area contributed by atoms with Gasteiger partial charge in [0.2, 0.25) is 5.56 Å². The zero-order chi connectivity index (χ0) is 16.4. The number of nitrogens with zero attached hydrogens (tertiary/aromatic N) is 1. The Morgan fingerprint density at radius 3 is 2.45 bits per heavy atom. The average molecular weight is 310 g/mol. The summed E-state index contributed by atoms with van der Waals surface area (Å²) >= 11 is 0. The molecule has 0 bridgehead atoms. The minimum atomic E-state index is -4.55. The summed E-state index contributed by atoms with van der Waals surface area (Å²) in [6, 6.07) is 4.00. The predicted octanol–water partition coefficient (Wildman–Crippen LogP) is 3.66. The van der Waals surface area contributed by atoms with Gasteiger partial charge in [-0.15, -0.1) is 0 Å². The molecule has 0 aliphatic carbocycles. The molecule has 0 spiro atoms. The van der Waals surface area contributed by atoms with Gasteiger partial charge in [-0.25, -0.2) is 0 Å². The number of pyridine rings is 1. The fraction of sp³-hybridized carbons (Fsp3) is 0.438. The summed E-state index contributed by atoms with van der Waals surface area (Å²) in [6.45, 7) is 6.08. The maximum absolute atomic E-state index is 13.2. The fourth-order valence-electron chi connectivity index (χ4n) is 3.25. The van der Waals surface area contributed by atoms with Crippen molar-refractivity contribution in [2.75, 3.05) is 11.9 Å². The van der Waals surface area contributed by atoms with Crippen LogP contribution in [0.25, 0.3) is 10.9 Å². The van der Waals surface area contributed by atoms with Crippen molar-refractivity contribution in [3.05, 3.63) is 39.7 Å². The van der Waals surface area contributed by atoms with E-state index in [-0.39, 0.29) is 22.4 Å². The lowest BCUT2D eigenvalue weighted by Gasteiger charge is -2.28. The Kier molecular flexibility index (Phi) is 2.90. The molecule has 22 heavy (non-hydrogen) atoms. The van der Waals surface area contributed by atoms with Crippen LogP contribution in [0.5, 0.6) is 0 Å². The molecule has 1 aromatic carbocycles. The first kappa shape index (κ1) is 14.9. The molecular formula is C16H17F3N2O. The summed E-state index contributed by atoms with van der Waals surface area (Å²) < 4.78 is 39.7. The van der Waals surface area contributed by atoms with Gasteiger partial charge >= 0.3 is 6.18 Å². The lowest BCUT2D eigenvalue weighted by atomic mass is 9.80. The van der Waals surface area contributed by atoms with Gasteiger partial charge in [0.25, 0.3) is 0 Å². The highest BCUT2D eigenvalue weighted by Gasteiger charge is 2.41. The molecule has 3 rings (SSSR count). The van der Waals surface area contributed by atoms with Crippen LogP contribution >= 0.6 is 0 Å². The second-order valence-corrected chi connectivity index (χ2v) is 6.47. The van der Waals surface area contributed by atoms with Crippen molar-refractivity contribution in [2.24, 2.45) is 0 Å². The summed E-state index contributed by atoms with van der Waals surface area (Å²) in [4.78, 5) is 16.1. The van der Waals surface area contributed by atoms with Gasteiger partial charge in [0, 0.05) is 35.6 Å². The van der Waals surface area contributed by atoms with Gasteiger partial charge in [-0.1, -0.05) is 13.8 Å². The lowest BCUT2D eigenvalue weighted by Crippen LogP contribution is -2.36. The summed E-state index contributed by atoms with van der Waals surface area (Å²) in [5, 5.41) is 0.0430. The van der Waals surface area contributed by atoms with E-state index in [1.54, 1.807) is 12.1 Å². The molecule has 0 saturated heterocycles. The third kappa shape index (κ3) is 1.93. The number of hydrogen-bond acceptors (Lipinski definition) is 2. The maximum atomic E-state index is 13.2. The van der Waals surface area contributed by atoms with Gasteiger partial charge in [0.15, 0.2) is 0 Å². The second kappa shape index (κ2) is 4.27. The molecule has 1 atom stereocenters. The van der Waals surface area contributed by atoms with Gasteiger partial charge in [0.05, 0.1) is 11.1 Å². The van der Waals surface area contributed by atoms with E-state index in [4.69, 9.17) is 0 Å². The Morgan fingerprint density at radius 2 is 1.86 bits per heavy atom. The molecule has 0 fully saturated rings. The third-order valence-electron chi connectivity index (χ3n) is 4.96. The highest BCUT2D eigenvalue weighted by atomic mass is 19.4. The van der Waals surface area contributed by atoms with E-state index in [2.05, 4.69) is 4.98 Å². The number of rotatable bonds is 0. The molecule has 1 aromatic heterocycles. The van der Waals surface area contributed by atoms with Crippen molar-refractivity contribution in [1.29, 1.82) is 0 Å². The molecule has 0 amide bonds. The van der Waals surface area contributed by atoms with Gasteiger partial charge < -0.3 is 9.88 Å². The zero-order valence-electron chi connectivity index (χ0n) is 12.8. The van der Waals surface area contributed by atoms with Crippen molar-refractivity contribution in [3.8, 4) is 0 Å². The number of H-pyrrole nitrogens is 1. The van der Waals surface area contributed by atoms with Crippen LogP contribution in [-0.2, 0) is 11.6 Å². The van der Waals surface area contributed by atoms with E-state index < -0.39 is 17.3 Å². The number of halogens is 3. The number of alkyl halides is 3. The van der Waals surface area contributed by atoms with Crippen molar-refractivity contribution < 1.29 is 13.2 Å². The van der Waals surface area contributed by atoms with E-state index in [0.717, 1.165) is 11.3 Å². The maximum Gasteiger partial charge on any atom is 0.417 e. The van der Waals surface area contributed by atoms with Gasteiger partial charge in [0.1, 0.15) is 0 Å². The molecule has 1 unspecified atom stereocenters. The number of benzene rings is 1. The molecule has 2 heterocycles. The van der Waals surface area contributed by atoms with E-state index in [9.17, 15) is 18.0 Å².